The summed E-state index contributed by atoms with van der Waals surface area (Å²) in [5.74, 6) is -0.740. The lowest BCUT2D eigenvalue weighted by Gasteiger charge is -2.26. The van der Waals surface area contributed by atoms with Gasteiger partial charge in [-0.15, -0.1) is 0 Å². The third-order valence-electron chi connectivity index (χ3n) is 6.22. The molecule has 0 aliphatic carbocycles. The number of amides is 1. The second-order valence-corrected chi connectivity index (χ2v) is 8.31. The van der Waals surface area contributed by atoms with E-state index in [0.717, 1.165) is 25.2 Å². The lowest BCUT2D eigenvalue weighted by atomic mass is 9.96. The number of pyridine rings is 1. The Labute approximate surface area is 165 Å². The predicted octanol–water partition coefficient (Wildman–Crippen LogP) is 2.34. The van der Waals surface area contributed by atoms with Crippen molar-refractivity contribution in [2.75, 3.05) is 39.3 Å². The summed E-state index contributed by atoms with van der Waals surface area (Å²) in [5, 5.41) is 9.84. The average Bonchev–Trinajstić information content (AvgIpc) is 3.12. The second kappa shape index (κ2) is 8.17. The SMILES string of the molecule is Cc1ccn2c(F)c(C(=O)N3C[C@@H](CN4CCCCCC4)[C@@H](CO)C3)nc2c1. The molecule has 2 aliphatic rings. The minimum absolute atomic E-state index is 0.0366. The van der Waals surface area contributed by atoms with E-state index < -0.39 is 5.95 Å². The molecule has 0 spiro atoms. The van der Waals surface area contributed by atoms with Crippen molar-refractivity contribution in [1.82, 2.24) is 19.2 Å². The first-order chi connectivity index (χ1) is 13.6. The lowest BCUT2D eigenvalue weighted by molar-refractivity contribution is 0.0768. The van der Waals surface area contributed by atoms with Crippen molar-refractivity contribution >= 4 is 11.6 Å². The largest absolute Gasteiger partial charge is 0.396 e. The molecule has 2 atom stereocenters. The standard InChI is InChI=1S/C21H29FN4O2/c1-15-6-9-26-18(10-15)23-19(20(26)22)21(28)25-12-16(17(13-25)14-27)11-24-7-4-2-3-5-8-24/h6,9-10,16-17,27H,2-5,7-8,11-14H2,1H3/t16-,17-/m1/s1. The van der Waals surface area contributed by atoms with E-state index in [0.29, 0.717) is 18.7 Å². The van der Waals surface area contributed by atoms with Crippen molar-refractivity contribution in [1.29, 1.82) is 0 Å². The first-order valence-electron chi connectivity index (χ1n) is 10.3. The van der Waals surface area contributed by atoms with Crippen LogP contribution < -0.4 is 0 Å². The molecule has 7 heteroatoms. The molecule has 152 valence electrons. The first-order valence-corrected chi connectivity index (χ1v) is 10.3. The molecule has 0 saturated carbocycles. The van der Waals surface area contributed by atoms with E-state index in [-0.39, 0.29) is 30.0 Å². The molecule has 0 unspecified atom stereocenters. The summed E-state index contributed by atoms with van der Waals surface area (Å²) in [6.07, 6.45) is 6.59. The Balaban J connectivity index is 1.50. The van der Waals surface area contributed by atoms with Gasteiger partial charge >= 0.3 is 0 Å². The minimum Gasteiger partial charge on any atom is -0.396 e. The zero-order valence-corrected chi connectivity index (χ0v) is 16.5. The quantitative estimate of drug-likeness (QED) is 0.873. The summed E-state index contributed by atoms with van der Waals surface area (Å²) in [4.78, 5) is 21.4. The van der Waals surface area contributed by atoms with Gasteiger partial charge in [0.25, 0.3) is 5.91 Å². The molecule has 1 N–H and O–H groups in total. The molecular weight excluding hydrogens is 359 g/mol. The van der Waals surface area contributed by atoms with Gasteiger partial charge in [0, 0.05) is 38.4 Å². The number of likely N-dealkylation sites (tertiary alicyclic amines) is 2. The maximum atomic E-state index is 14.8. The van der Waals surface area contributed by atoms with Crippen molar-refractivity contribution in [2.24, 2.45) is 11.8 Å². The van der Waals surface area contributed by atoms with Crippen molar-refractivity contribution in [3.63, 3.8) is 0 Å². The highest BCUT2D eigenvalue weighted by Gasteiger charge is 2.37. The highest BCUT2D eigenvalue weighted by molar-refractivity contribution is 5.93. The molecule has 2 fully saturated rings. The zero-order chi connectivity index (χ0) is 19.7. The van der Waals surface area contributed by atoms with Crippen molar-refractivity contribution in [3.05, 3.63) is 35.5 Å². The third kappa shape index (κ3) is 3.78. The summed E-state index contributed by atoms with van der Waals surface area (Å²) in [6, 6.07) is 3.56. The van der Waals surface area contributed by atoms with Crippen LogP contribution in [-0.2, 0) is 0 Å². The number of hydrogen-bond acceptors (Lipinski definition) is 4. The van der Waals surface area contributed by atoms with E-state index in [2.05, 4.69) is 9.88 Å². The first kappa shape index (κ1) is 19.3. The molecule has 2 aromatic rings. The van der Waals surface area contributed by atoms with E-state index in [9.17, 15) is 14.3 Å². The fraction of sp³-hybridized carbons (Fsp3) is 0.619. The molecule has 2 aliphatic heterocycles. The summed E-state index contributed by atoms with van der Waals surface area (Å²) >= 11 is 0. The summed E-state index contributed by atoms with van der Waals surface area (Å²) in [5.41, 5.74) is 1.29. The van der Waals surface area contributed by atoms with E-state index >= 15 is 0 Å². The molecule has 6 nitrogen and oxygen atoms in total. The van der Waals surface area contributed by atoms with E-state index in [4.69, 9.17) is 0 Å². The Kier molecular flexibility index (Phi) is 5.64. The maximum absolute atomic E-state index is 14.8. The van der Waals surface area contributed by atoms with E-state index in [1.807, 2.05) is 6.92 Å². The molecule has 0 radical (unpaired) electrons. The number of aliphatic hydroxyl groups is 1. The molecule has 0 bridgehead atoms. The molecule has 1 amide bonds. The van der Waals surface area contributed by atoms with Crippen LogP contribution in [0.3, 0.4) is 0 Å². The normalized spacial score (nSPS) is 24.0. The Hall–Kier alpha value is -1.99. The van der Waals surface area contributed by atoms with Gasteiger partial charge in [-0.3, -0.25) is 9.20 Å². The van der Waals surface area contributed by atoms with Gasteiger partial charge in [-0.25, -0.2) is 4.98 Å². The van der Waals surface area contributed by atoms with Gasteiger partial charge in [0.2, 0.25) is 5.95 Å². The summed E-state index contributed by atoms with van der Waals surface area (Å²) in [6.45, 7) is 6.03. The lowest BCUT2D eigenvalue weighted by Crippen LogP contribution is -2.35. The number of hydrogen-bond donors (Lipinski definition) is 1. The van der Waals surface area contributed by atoms with Gasteiger partial charge in [-0.05, 0) is 56.5 Å². The molecule has 4 heterocycles. The van der Waals surface area contributed by atoms with Gasteiger partial charge in [0.15, 0.2) is 5.69 Å². The Bertz CT molecular complexity index is 844. The Morgan fingerprint density at radius 3 is 2.64 bits per heavy atom. The van der Waals surface area contributed by atoms with Gasteiger partial charge in [-0.2, -0.15) is 4.39 Å². The highest BCUT2D eigenvalue weighted by Crippen LogP contribution is 2.27. The predicted molar refractivity (Wildman–Crippen MR) is 105 cm³/mol. The number of imidazole rings is 1. The van der Waals surface area contributed by atoms with Gasteiger partial charge in [0.1, 0.15) is 5.65 Å². The average molecular weight is 388 g/mol. The van der Waals surface area contributed by atoms with Gasteiger partial charge < -0.3 is 14.9 Å². The number of aryl methyl sites for hydroxylation is 1. The summed E-state index contributed by atoms with van der Waals surface area (Å²) < 4.78 is 16.1. The molecule has 28 heavy (non-hydrogen) atoms. The van der Waals surface area contributed by atoms with Crippen molar-refractivity contribution in [3.8, 4) is 0 Å². The fourth-order valence-corrected chi connectivity index (χ4v) is 4.57. The smallest absolute Gasteiger partial charge is 0.277 e. The highest BCUT2D eigenvalue weighted by atomic mass is 19.1. The number of rotatable bonds is 4. The molecule has 2 aromatic heterocycles. The van der Waals surface area contributed by atoms with Gasteiger partial charge in [0.05, 0.1) is 0 Å². The minimum atomic E-state index is -0.614. The third-order valence-corrected chi connectivity index (χ3v) is 6.22. The van der Waals surface area contributed by atoms with Crippen LogP contribution in [0, 0.1) is 24.7 Å². The van der Waals surface area contributed by atoms with Crippen molar-refractivity contribution < 1.29 is 14.3 Å². The Morgan fingerprint density at radius 2 is 1.93 bits per heavy atom. The molecule has 4 rings (SSSR count). The van der Waals surface area contributed by atoms with Crippen LogP contribution in [0.2, 0.25) is 0 Å². The van der Waals surface area contributed by atoms with Crippen LogP contribution in [0.25, 0.3) is 5.65 Å². The zero-order valence-electron chi connectivity index (χ0n) is 16.5. The number of carbonyl (C=O) groups excluding carboxylic acids is 1. The van der Waals surface area contributed by atoms with E-state index in [1.165, 1.54) is 30.1 Å². The molecule has 0 aromatic carbocycles. The monoisotopic (exact) mass is 388 g/mol. The number of nitrogens with zero attached hydrogens (tertiary/aromatic N) is 4. The van der Waals surface area contributed by atoms with Crippen LogP contribution in [0.4, 0.5) is 4.39 Å². The van der Waals surface area contributed by atoms with Gasteiger partial charge in [-0.1, -0.05) is 12.8 Å². The van der Waals surface area contributed by atoms with Crippen LogP contribution >= 0.6 is 0 Å². The number of halogens is 1. The number of fused-ring (bicyclic) bond motifs is 1. The number of aromatic nitrogens is 2. The number of aliphatic hydroxyl groups excluding tert-OH is 1. The van der Waals surface area contributed by atoms with Crippen molar-refractivity contribution in [2.45, 2.75) is 32.6 Å². The molecular formula is C21H29FN4O2. The van der Waals surface area contributed by atoms with Crippen LogP contribution in [0.15, 0.2) is 18.3 Å². The molecule has 2 saturated heterocycles. The number of carbonyl (C=O) groups is 1. The Morgan fingerprint density at radius 1 is 1.21 bits per heavy atom. The summed E-state index contributed by atoms with van der Waals surface area (Å²) in [7, 11) is 0. The van der Waals surface area contributed by atoms with E-state index in [1.54, 1.807) is 23.2 Å². The topological polar surface area (TPSA) is 61.1 Å². The second-order valence-electron chi connectivity index (χ2n) is 8.31. The van der Waals surface area contributed by atoms with Crippen LogP contribution in [0.5, 0.6) is 0 Å². The van der Waals surface area contributed by atoms with Crippen LogP contribution in [0.1, 0.15) is 41.7 Å². The van der Waals surface area contributed by atoms with Crippen LogP contribution in [-0.4, -0.2) is 69.5 Å². The fourth-order valence-electron chi connectivity index (χ4n) is 4.57. The maximum Gasteiger partial charge on any atom is 0.277 e.